The van der Waals surface area contributed by atoms with Crippen LogP contribution >= 0.6 is 27.3 Å². The highest BCUT2D eigenvalue weighted by atomic mass is 79.9. The maximum Gasteiger partial charge on any atom is 0.208 e. The molecule has 1 aromatic heterocycles. The van der Waals surface area contributed by atoms with Crippen molar-refractivity contribution in [2.45, 2.75) is 31.0 Å². The number of benzene rings is 1. The Morgan fingerprint density at radius 2 is 2.16 bits per heavy atom. The number of hydrogen-bond donors (Lipinski definition) is 1. The zero-order chi connectivity index (χ0) is 17.0. The Labute approximate surface area is 160 Å². The predicted molar refractivity (Wildman–Crippen MR) is 103 cm³/mol. The number of piperidine rings is 1. The van der Waals surface area contributed by atoms with Crippen LogP contribution in [0.1, 0.15) is 35.7 Å². The molecular formula is C19H21BrN3OS+. The fraction of sp³-hybridized carbons (Fsp3) is 0.421. The van der Waals surface area contributed by atoms with E-state index in [0.29, 0.717) is 0 Å². The molecule has 0 bridgehead atoms. The minimum absolute atomic E-state index is 0.275. The van der Waals surface area contributed by atoms with Gasteiger partial charge in [-0.2, -0.15) is 5.10 Å². The third-order valence-corrected chi connectivity index (χ3v) is 7.06. The summed E-state index contributed by atoms with van der Waals surface area (Å²) in [7, 11) is 2.27. The molecule has 25 heavy (non-hydrogen) atoms. The van der Waals surface area contributed by atoms with E-state index in [1.807, 2.05) is 0 Å². The molecule has 1 fully saturated rings. The van der Waals surface area contributed by atoms with Crippen LogP contribution < -0.4 is 9.64 Å². The van der Waals surface area contributed by atoms with E-state index in [0.717, 1.165) is 42.6 Å². The topological polar surface area (TPSA) is 29.3 Å². The van der Waals surface area contributed by atoms with Crippen LogP contribution in [0.4, 0.5) is 0 Å². The van der Waals surface area contributed by atoms with Gasteiger partial charge in [0.05, 0.1) is 49.6 Å². The molecule has 4 heterocycles. The van der Waals surface area contributed by atoms with Gasteiger partial charge in [-0.3, -0.25) is 0 Å². The molecule has 0 radical (unpaired) electrons. The molecule has 1 aromatic carbocycles. The summed E-state index contributed by atoms with van der Waals surface area (Å²) in [5, 5.41) is 9.52. The van der Waals surface area contributed by atoms with E-state index in [1.54, 1.807) is 16.2 Å². The van der Waals surface area contributed by atoms with Crippen molar-refractivity contribution in [1.82, 2.24) is 5.01 Å². The van der Waals surface area contributed by atoms with Crippen LogP contribution in [0.3, 0.4) is 0 Å². The first-order valence-corrected chi connectivity index (χ1v) is 10.5. The fourth-order valence-electron chi connectivity index (χ4n) is 4.24. The van der Waals surface area contributed by atoms with Crippen LogP contribution in [0.5, 0.6) is 5.75 Å². The molecular weight excluding hydrogens is 398 g/mol. The summed E-state index contributed by atoms with van der Waals surface area (Å²) in [4.78, 5) is 2.86. The summed E-state index contributed by atoms with van der Waals surface area (Å²) < 4.78 is 7.73. The average molecular weight is 419 g/mol. The largest absolute Gasteiger partial charge is 0.466 e. The van der Waals surface area contributed by atoms with Gasteiger partial charge in [0, 0.05) is 16.5 Å². The van der Waals surface area contributed by atoms with Crippen LogP contribution in [-0.4, -0.2) is 36.6 Å². The van der Waals surface area contributed by atoms with Crippen LogP contribution in [0.15, 0.2) is 45.3 Å². The predicted octanol–water partition coefficient (Wildman–Crippen LogP) is 3.06. The maximum absolute atomic E-state index is 6.63. The van der Waals surface area contributed by atoms with Crippen molar-refractivity contribution < 1.29 is 9.64 Å². The van der Waals surface area contributed by atoms with E-state index in [9.17, 15) is 0 Å². The number of ether oxygens (including phenoxy) is 1. The molecule has 0 aliphatic carbocycles. The number of rotatable bonds is 1. The Morgan fingerprint density at radius 3 is 2.92 bits per heavy atom. The third-order valence-electron chi connectivity index (χ3n) is 5.65. The van der Waals surface area contributed by atoms with Crippen LogP contribution in [0.25, 0.3) is 0 Å². The number of thiophene rings is 1. The molecule has 2 aromatic rings. The number of hydrogen-bond acceptors (Lipinski definition) is 4. The van der Waals surface area contributed by atoms with E-state index >= 15 is 0 Å². The zero-order valence-electron chi connectivity index (χ0n) is 14.2. The summed E-state index contributed by atoms with van der Waals surface area (Å²) in [6, 6.07) is 11.0. The van der Waals surface area contributed by atoms with E-state index in [2.05, 4.69) is 63.7 Å². The summed E-state index contributed by atoms with van der Waals surface area (Å²) in [5.41, 5.74) is 2.16. The Bertz CT molecular complexity index is 827. The van der Waals surface area contributed by atoms with Crippen LogP contribution in [0.2, 0.25) is 0 Å². The van der Waals surface area contributed by atoms with E-state index < -0.39 is 0 Å². The molecule has 3 aliphatic rings. The molecule has 130 valence electrons. The van der Waals surface area contributed by atoms with E-state index in [-0.39, 0.29) is 11.8 Å². The Hall–Kier alpha value is -1.37. The van der Waals surface area contributed by atoms with Gasteiger partial charge in [0.1, 0.15) is 5.75 Å². The first-order chi connectivity index (χ1) is 12.1. The maximum atomic E-state index is 6.63. The second-order valence-electron chi connectivity index (χ2n) is 7.28. The molecule has 0 amide bonds. The molecule has 1 N–H and O–H groups in total. The molecule has 6 heteroatoms. The van der Waals surface area contributed by atoms with Crippen LogP contribution in [-0.2, 0) is 0 Å². The Balaban J connectivity index is 1.60. The zero-order valence-corrected chi connectivity index (χ0v) is 16.6. The highest BCUT2D eigenvalue weighted by Gasteiger charge is 2.52. The molecule has 0 saturated carbocycles. The minimum Gasteiger partial charge on any atom is -0.466 e. The number of nitrogens with zero attached hydrogens (tertiary/aromatic N) is 2. The van der Waals surface area contributed by atoms with E-state index in [1.165, 1.54) is 16.2 Å². The van der Waals surface area contributed by atoms with Gasteiger partial charge in [-0.05, 0) is 29.6 Å². The number of hydrazone groups is 1. The SMILES string of the molecule is C[NH+]1CCC2(CC1)Oc1ccc(Br)cc1[C@H]1CC(c3cccs3)=NN12. The van der Waals surface area contributed by atoms with Gasteiger partial charge in [0.2, 0.25) is 5.72 Å². The molecule has 4 nitrogen and oxygen atoms in total. The van der Waals surface area contributed by atoms with Gasteiger partial charge in [0.15, 0.2) is 0 Å². The van der Waals surface area contributed by atoms with Crippen molar-refractivity contribution in [2.75, 3.05) is 20.1 Å². The van der Waals surface area contributed by atoms with Crippen molar-refractivity contribution in [2.24, 2.45) is 5.10 Å². The number of quaternary nitrogens is 1. The molecule has 1 saturated heterocycles. The lowest BCUT2D eigenvalue weighted by Crippen LogP contribution is -3.11. The molecule has 1 atom stereocenters. The van der Waals surface area contributed by atoms with Gasteiger partial charge in [0.25, 0.3) is 0 Å². The highest BCUT2D eigenvalue weighted by molar-refractivity contribution is 9.10. The lowest BCUT2D eigenvalue weighted by Gasteiger charge is -2.49. The van der Waals surface area contributed by atoms with Crippen molar-refractivity contribution >= 4 is 33.0 Å². The Morgan fingerprint density at radius 1 is 1.32 bits per heavy atom. The van der Waals surface area contributed by atoms with Crippen molar-refractivity contribution in [3.63, 3.8) is 0 Å². The molecule has 0 unspecified atom stereocenters. The van der Waals surface area contributed by atoms with Gasteiger partial charge in [-0.25, -0.2) is 5.01 Å². The van der Waals surface area contributed by atoms with E-state index in [4.69, 9.17) is 9.84 Å². The molecule has 1 spiro atoms. The van der Waals surface area contributed by atoms with Gasteiger partial charge in [-0.15, -0.1) is 11.3 Å². The number of likely N-dealkylation sites (tertiary alicyclic amines) is 1. The molecule has 5 rings (SSSR count). The molecule has 3 aliphatic heterocycles. The lowest BCUT2D eigenvalue weighted by molar-refractivity contribution is -0.888. The smallest absolute Gasteiger partial charge is 0.208 e. The summed E-state index contributed by atoms with van der Waals surface area (Å²) >= 11 is 5.40. The van der Waals surface area contributed by atoms with Crippen molar-refractivity contribution in [3.05, 3.63) is 50.6 Å². The minimum atomic E-state index is -0.288. The summed E-state index contributed by atoms with van der Waals surface area (Å²) in [5.74, 6) is 1.03. The normalized spacial score (nSPS) is 30.6. The second-order valence-corrected chi connectivity index (χ2v) is 9.14. The number of halogens is 1. The fourth-order valence-corrected chi connectivity index (χ4v) is 5.34. The van der Waals surface area contributed by atoms with Gasteiger partial charge < -0.3 is 9.64 Å². The highest BCUT2D eigenvalue weighted by Crippen LogP contribution is 2.49. The summed E-state index contributed by atoms with van der Waals surface area (Å²) in [6.45, 7) is 2.25. The lowest BCUT2D eigenvalue weighted by atomic mass is 9.91. The summed E-state index contributed by atoms with van der Waals surface area (Å²) in [6.07, 6.45) is 3.00. The van der Waals surface area contributed by atoms with Gasteiger partial charge in [-0.1, -0.05) is 22.0 Å². The first-order valence-electron chi connectivity index (χ1n) is 8.85. The van der Waals surface area contributed by atoms with Crippen molar-refractivity contribution in [1.29, 1.82) is 0 Å². The first kappa shape index (κ1) is 15.9. The standard InChI is InChI=1S/C19H20BrN3OS/c1-22-8-6-19(7-9-22)23-16(12-15(21-23)18-3-2-10-25-18)14-11-13(20)4-5-17(14)24-19/h2-5,10-11,16H,6-9,12H2,1H3/p+1/t16-/m1/s1. The van der Waals surface area contributed by atoms with Gasteiger partial charge >= 0.3 is 0 Å². The number of nitrogens with one attached hydrogen (secondary N) is 1. The second kappa shape index (κ2) is 5.83. The average Bonchev–Trinajstić information content (AvgIpc) is 3.28. The van der Waals surface area contributed by atoms with Crippen molar-refractivity contribution in [3.8, 4) is 5.75 Å². The monoisotopic (exact) mass is 418 g/mol. The number of fused-ring (bicyclic) bond motifs is 4. The van der Waals surface area contributed by atoms with Crippen LogP contribution in [0, 0.1) is 0 Å². The quantitative estimate of drug-likeness (QED) is 0.770. The Kier molecular flexibility index (Phi) is 3.69. The third kappa shape index (κ3) is 2.54.